The largest absolute Gasteiger partial charge is 0.409 e. The summed E-state index contributed by atoms with van der Waals surface area (Å²) in [7, 11) is 1.80. The van der Waals surface area contributed by atoms with Gasteiger partial charge in [-0.2, -0.15) is 23.0 Å². The van der Waals surface area contributed by atoms with Gasteiger partial charge in [0.25, 0.3) is 0 Å². The van der Waals surface area contributed by atoms with E-state index in [0.29, 0.717) is 12.2 Å². The van der Waals surface area contributed by atoms with Crippen molar-refractivity contribution in [2.75, 3.05) is 37.3 Å². The van der Waals surface area contributed by atoms with Crippen molar-refractivity contribution < 1.29 is 22.9 Å². The second kappa shape index (κ2) is 15.3. The van der Waals surface area contributed by atoms with Crippen molar-refractivity contribution in [1.82, 2.24) is 25.2 Å². The summed E-state index contributed by atoms with van der Waals surface area (Å²) in [5, 5.41) is 26.9. The smallest absolute Gasteiger partial charge is 0.203 e. The number of benzene rings is 1. The van der Waals surface area contributed by atoms with Crippen LogP contribution in [0.3, 0.4) is 0 Å². The zero-order valence-electron chi connectivity index (χ0n) is 19.0. The molecule has 34 heavy (non-hydrogen) atoms. The van der Waals surface area contributed by atoms with E-state index in [0.717, 1.165) is 12.2 Å². The number of hydroxylamine groups is 2. The van der Waals surface area contributed by atoms with Gasteiger partial charge in [0.1, 0.15) is 24.2 Å². The van der Waals surface area contributed by atoms with Crippen LogP contribution in [0.15, 0.2) is 32.5 Å². The van der Waals surface area contributed by atoms with Crippen molar-refractivity contribution in [3.8, 4) is 0 Å². The summed E-state index contributed by atoms with van der Waals surface area (Å²) in [6.45, 7) is 6.16. The highest BCUT2D eigenvalue weighted by Crippen LogP contribution is 2.21. The Hall–Kier alpha value is -1.69. The van der Waals surface area contributed by atoms with Crippen LogP contribution < -0.4 is 16.1 Å². The highest BCUT2D eigenvalue weighted by atomic mass is 79.9. The van der Waals surface area contributed by atoms with Gasteiger partial charge in [-0.3, -0.25) is 0 Å². The molecule has 0 fully saturated rings. The molecule has 0 aliphatic heterocycles. The Kier molecular flexibility index (Phi) is 13.7. The van der Waals surface area contributed by atoms with Crippen LogP contribution in [0, 0.1) is 5.82 Å². The van der Waals surface area contributed by atoms with E-state index in [9.17, 15) is 14.0 Å². The van der Waals surface area contributed by atoms with Crippen LogP contribution in [-0.2, 0) is 4.28 Å². The van der Waals surface area contributed by atoms with Crippen molar-refractivity contribution in [2.45, 2.75) is 33.0 Å². The summed E-state index contributed by atoms with van der Waals surface area (Å²) in [4.78, 5) is 0. The highest BCUT2D eigenvalue weighted by molar-refractivity contribution is 9.10. The maximum atomic E-state index is 14.6. The molecule has 1 aromatic heterocycles. The molecule has 2 rings (SSSR count). The molecule has 0 aliphatic carbocycles. The summed E-state index contributed by atoms with van der Waals surface area (Å²) < 4.78 is 40.1. The molecule has 1 aromatic carbocycles. The highest BCUT2D eigenvalue weighted by Gasteiger charge is 2.20. The van der Waals surface area contributed by atoms with Crippen LogP contribution in [0.25, 0.3) is 0 Å². The normalized spacial score (nSPS) is 12.8. The van der Waals surface area contributed by atoms with E-state index in [1.165, 1.54) is 23.3 Å². The fourth-order valence-electron chi connectivity index (χ4n) is 2.49. The fraction of sp³-hybridized carbons (Fsp3) is 0.500. The Balaban J connectivity index is 0.00000578. The summed E-state index contributed by atoms with van der Waals surface area (Å²) >= 11 is 4.13. The number of nitrogens with one attached hydrogen (secondary N) is 3. The van der Waals surface area contributed by atoms with Crippen LogP contribution >= 0.6 is 41.7 Å². The molecule has 1 atom stereocenters. The first-order valence-electron chi connectivity index (χ1n) is 9.98. The first-order valence-corrected chi connectivity index (χ1v) is 11.5. The molecule has 0 unspecified atom stereocenters. The molecule has 0 saturated carbocycles. The molecule has 0 radical (unpaired) electrons. The van der Waals surface area contributed by atoms with E-state index in [2.05, 4.69) is 47.5 Å². The zero-order chi connectivity index (χ0) is 24.4. The lowest BCUT2D eigenvalue weighted by molar-refractivity contribution is -0.0528. The van der Waals surface area contributed by atoms with Crippen molar-refractivity contribution in [3.63, 3.8) is 0 Å². The molecule has 0 amide bonds. The lowest BCUT2D eigenvalue weighted by Gasteiger charge is -2.24. The Morgan fingerprint density at radius 2 is 2.12 bits per heavy atom. The van der Waals surface area contributed by atoms with Crippen molar-refractivity contribution in [2.24, 2.45) is 5.16 Å². The van der Waals surface area contributed by atoms with Crippen LogP contribution in [-0.4, -0.2) is 69.7 Å². The average molecular weight is 588 g/mol. The number of nitrogens with zero attached hydrogens (tertiary/aromatic N) is 5. The van der Waals surface area contributed by atoms with Crippen molar-refractivity contribution >= 4 is 59.0 Å². The van der Waals surface area contributed by atoms with E-state index in [1.54, 1.807) is 11.5 Å². The molecule has 0 aliphatic rings. The Morgan fingerprint density at radius 1 is 1.38 bits per heavy atom. The average Bonchev–Trinajstić information content (AvgIpc) is 3.23. The summed E-state index contributed by atoms with van der Waals surface area (Å²) in [6.07, 6.45) is -1.33. The maximum absolute atomic E-state index is 14.6. The quantitative estimate of drug-likeness (QED) is 0.0685. The minimum atomic E-state index is -1.33. The minimum Gasteiger partial charge on any atom is -0.409 e. The van der Waals surface area contributed by atoms with E-state index < -0.39 is 12.0 Å². The monoisotopic (exact) mass is 586 g/mol. The summed E-state index contributed by atoms with van der Waals surface area (Å²) in [5.74, 6) is -0.504. The topological polar surface area (TPSA) is 123 Å². The van der Waals surface area contributed by atoms with Gasteiger partial charge in [-0.15, -0.1) is 0 Å². The third kappa shape index (κ3) is 9.89. The van der Waals surface area contributed by atoms with Gasteiger partial charge in [0.05, 0.1) is 11.0 Å². The lowest BCUT2D eigenvalue weighted by Crippen LogP contribution is -2.37. The van der Waals surface area contributed by atoms with Gasteiger partial charge in [0, 0.05) is 31.9 Å². The number of hydrazine groups is 1. The van der Waals surface area contributed by atoms with Gasteiger partial charge >= 0.3 is 0 Å². The number of aromatic nitrogens is 2. The van der Waals surface area contributed by atoms with Crippen molar-refractivity contribution in [1.29, 1.82) is 0 Å². The number of halogens is 3. The molecular weight excluding hydrogens is 558 g/mol. The standard InChI is InChI=1S/C18H27BrF2N8O3S.H2S/c1-5-29(32-33-28(4)24-11(2)3)10-12(20)9-22-17-16(26-31-27-17)18(25-30)23-13-6-7-15(21)14(19)8-13;/h6-8,11-12,24,30H,5,9-10H2,1-4H3,(H,22,27)(H,23,25);1H2/t12-;/m0./s1. The number of amidine groups is 1. The summed E-state index contributed by atoms with van der Waals surface area (Å²) in [5.41, 5.74) is 3.55. The van der Waals surface area contributed by atoms with Gasteiger partial charge < -0.3 is 15.8 Å². The van der Waals surface area contributed by atoms with Gasteiger partial charge in [0.2, 0.25) is 11.7 Å². The maximum Gasteiger partial charge on any atom is 0.203 e. The van der Waals surface area contributed by atoms with Crippen molar-refractivity contribution in [3.05, 3.63) is 34.2 Å². The van der Waals surface area contributed by atoms with Gasteiger partial charge in [-0.1, -0.05) is 12.1 Å². The number of alkyl halides is 1. The molecule has 16 heteroatoms. The third-order valence-corrected chi connectivity index (χ3v) is 5.15. The molecule has 0 spiro atoms. The predicted molar refractivity (Wildman–Crippen MR) is 136 cm³/mol. The van der Waals surface area contributed by atoms with Crippen LogP contribution in [0.4, 0.5) is 20.3 Å². The van der Waals surface area contributed by atoms with E-state index in [1.807, 2.05) is 20.8 Å². The number of hydrogen-bond donors (Lipinski definition) is 4. The Bertz CT molecular complexity index is 912. The SMILES string of the molecule is CCN(C[C@@H](F)CNc1nonc1/C(=N/O)Nc1ccc(F)c(Br)c1)OSN(C)NC(C)C.S. The van der Waals surface area contributed by atoms with Gasteiger partial charge in [-0.25, -0.2) is 23.1 Å². The Labute approximate surface area is 216 Å². The van der Waals surface area contributed by atoms with E-state index in [-0.39, 0.29) is 54.4 Å². The van der Waals surface area contributed by atoms with Gasteiger partial charge in [0.15, 0.2) is 5.69 Å². The molecule has 192 valence electrons. The van der Waals surface area contributed by atoms with Crippen LogP contribution in [0.1, 0.15) is 26.5 Å². The Morgan fingerprint density at radius 3 is 2.74 bits per heavy atom. The first-order chi connectivity index (χ1) is 15.7. The van der Waals surface area contributed by atoms with Crippen LogP contribution in [0.2, 0.25) is 0 Å². The zero-order valence-corrected chi connectivity index (χ0v) is 22.5. The third-order valence-electron chi connectivity index (χ3n) is 3.93. The second-order valence-corrected chi connectivity index (χ2v) is 8.75. The fourth-order valence-corrected chi connectivity index (χ4v) is 3.48. The molecular formula is C18H29BrF2N8O3S2. The molecule has 2 aromatic rings. The van der Waals surface area contributed by atoms with E-state index >= 15 is 0 Å². The number of rotatable bonds is 13. The minimum absolute atomic E-state index is 0. The second-order valence-electron chi connectivity index (χ2n) is 7.05. The molecule has 1 heterocycles. The number of anilines is 2. The molecule has 4 N–H and O–H groups in total. The first kappa shape index (κ1) is 30.3. The molecule has 0 saturated heterocycles. The predicted octanol–water partition coefficient (Wildman–Crippen LogP) is 3.74. The van der Waals surface area contributed by atoms with E-state index in [4.69, 9.17) is 8.91 Å². The molecule has 0 bridgehead atoms. The lowest BCUT2D eigenvalue weighted by atomic mass is 10.3. The number of oxime groups is 1. The van der Waals surface area contributed by atoms with Crippen LogP contribution in [0.5, 0.6) is 0 Å². The number of hydrogen-bond acceptors (Lipinski definition) is 11. The van der Waals surface area contributed by atoms with Gasteiger partial charge in [-0.05, 0) is 58.3 Å². The summed E-state index contributed by atoms with van der Waals surface area (Å²) in [6, 6.07) is 4.35. The molecule has 11 nitrogen and oxygen atoms in total.